The predicted octanol–water partition coefficient (Wildman–Crippen LogP) is 2.29. The zero-order chi connectivity index (χ0) is 12.8. The second-order valence-corrected chi connectivity index (χ2v) is 6.99. The molecule has 2 saturated carbocycles. The van der Waals surface area contributed by atoms with Crippen molar-refractivity contribution in [3.05, 3.63) is 30.1 Å². The third kappa shape index (κ3) is 2.57. The van der Waals surface area contributed by atoms with Crippen LogP contribution in [-0.2, 0) is 10.0 Å². The quantitative estimate of drug-likeness (QED) is 0.891. The Morgan fingerprint density at radius 1 is 1.06 bits per heavy atom. The highest BCUT2D eigenvalue weighted by molar-refractivity contribution is 7.89. The lowest BCUT2D eigenvalue weighted by Gasteiger charge is -2.17. The molecule has 1 aromatic carbocycles. The molecule has 5 heteroatoms. The van der Waals surface area contributed by atoms with Gasteiger partial charge in [-0.2, -0.15) is 0 Å². The Morgan fingerprint density at radius 3 is 2.00 bits per heavy atom. The van der Waals surface area contributed by atoms with Crippen molar-refractivity contribution in [1.82, 2.24) is 4.72 Å². The van der Waals surface area contributed by atoms with Gasteiger partial charge >= 0.3 is 0 Å². The highest BCUT2D eigenvalue weighted by atomic mass is 32.2. The molecule has 0 atom stereocenters. The SMILES string of the molecule is O=S(=O)(NC(C1CC1)C1CC1)c1ccc(F)cc1. The molecule has 0 spiro atoms. The first kappa shape index (κ1) is 12.1. The summed E-state index contributed by atoms with van der Waals surface area (Å²) in [6.07, 6.45) is 4.47. The van der Waals surface area contributed by atoms with Crippen LogP contribution >= 0.6 is 0 Å². The van der Waals surface area contributed by atoms with Gasteiger partial charge in [-0.25, -0.2) is 17.5 Å². The van der Waals surface area contributed by atoms with Gasteiger partial charge in [-0.3, -0.25) is 0 Å². The Labute approximate surface area is 106 Å². The average Bonchev–Trinajstić information content (AvgIpc) is 3.18. The Kier molecular flexibility index (Phi) is 2.90. The van der Waals surface area contributed by atoms with Crippen LogP contribution in [0.2, 0.25) is 0 Å². The van der Waals surface area contributed by atoms with E-state index in [-0.39, 0.29) is 10.9 Å². The number of halogens is 1. The molecule has 0 radical (unpaired) electrons. The zero-order valence-electron chi connectivity index (χ0n) is 9.97. The topological polar surface area (TPSA) is 46.2 Å². The lowest BCUT2D eigenvalue weighted by Crippen LogP contribution is -2.38. The van der Waals surface area contributed by atoms with Gasteiger partial charge in [0.25, 0.3) is 0 Å². The molecule has 0 aliphatic heterocycles. The molecule has 2 aliphatic carbocycles. The standard InChI is InChI=1S/C13H16FNO2S/c14-11-5-7-12(8-6-11)18(16,17)15-13(9-1-2-9)10-3-4-10/h5-10,13,15H,1-4H2. The van der Waals surface area contributed by atoms with Gasteiger partial charge in [0, 0.05) is 6.04 Å². The van der Waals surface area contributed by atoms with E-state index in [9.17, 15) is 12.8 Å². The number of sulfonamides is 1. The molecular formula is C13H16FNO2S. The first-order chi connectivity index (χ1) is 8.56. The largest absolute Gasteiger partial charge is 0.240 e. The van der Waals surface area contributed by atoms with Crippen LogP contribution in [-0.4, -0.2) is 14.5 Å². The molecule has 2 fully saturated rings. The van der Waals surface area contributed by atoms with Crippen molar-refractivity contribution in [1.29, 1.82) is 0 Å². The normalized spacial score (nSPS) is 20.3. The van der Waals surface area contributed by atoms with Crippen LogP contribution in [0.3, 0.4) is 0 Å². The van der Waals surface area contributed by atoms with Crippen LogP contribution in [0.1, 0.15) is 25.7 Å². The van der Waals surface area contributed by atoms with Crippen molar-refractivity contribution >= 4 is 10.0 Å². The molecule has 0 bridgehead atoms. The minimum atomic E-state index is -3.50. The minimum Gasteiger partial charge on any atom is -0.208 e. The first-order valence-electron chi connectivity index (χ1n) is 6.34. The molecule has 3 nitrogen and oxygen atoms in total. The van der Waals surface area contributed by atoms with E-state index in [1.807, 2.05) is 0 Å². The van der Waals surface area contributed by atoms with E-state index in [1.54, 1.807) is 0 Å². The average molecular weight is 269 g/mol. The summed E-state index contributed by atoms with van der Waals surface area (Å²) in [6.45, 7) is 0. The maximum atomic E-state index is 12.8. The van der Waals surface area contributed by atoms with Crippen LogP contribution in [0.25, 0.3) is 0 Å². The fourth-order valence-electron chi connectivity index (χ4n) is 2.35. The molecule has 0 heterocycles. The van der Waals surface area contributed by atoms with Gasteiger partial charge in [0.15, 0.2) is 0 Å². The summed E-state index contributed by atoms with van der Waals surface area (Å²) in [5.41, 5.74) is 0. The summed E-state index contributed by atoms with van der Waals surface area (Å²) in [6, 6.07) is 5.07. The monoisotopic (exact) mass is 269 g/mol. The van der Waals surface area contributed by atoms with Gasteiger partial charge in [-0.15, -0.1) is 0 Å². The molecular weight excluding hydrogens is 253 g/mol. The number of hydrogen-bond acceptors (Lipinski definition) is 2. The van der Waals surface area contributed by atoms with Crippen molar-refractivity contribution in [2.75, 3.05) is 0 Å². The van der Waals surface area contributed by atoms with Crippen LogP contribution < -0.4 is 4.72 Å². The van der Waals surface area contributed by atoms with Crippen molar-refractivity contribution in [3.8, 4) is 0 Å². The molecule has 2 aliphatic rings. The van der Waals surface area contributed by atoms with E-state index in [0.29, 0.717) is 11.8 Å². The molecule has 1 N–H and O–H groups in total. The molecule has 0 amide bonds. The third-order valence-electron chi connectivity index (χ3n) is 3.67. The number of nitrogens with one attached hydrogen (secondary N) is 1. The molecule has 0 aromatic heterocycles. The number of hydrogen-bond donors (Lipinski definition) is 1. The van der Waals surface area contributed by atoms with Crippen LogP contribution in [0, 0.1) is 17.7 Å². The van der Waals surface area contributed by atoms with Gasteiger partial charge in [-0.1, -0.05) is 0 Å². The van der Waals surface area contributed by atoms with E-state index in [0.717, 1.165) is 25.7 Å². The van der Waals surface area contributed by atoms with Crippen LogP contribution in [0.5, 0.6) is 0 Å². The molecule has 3 rings (SSSR count). The van der Waals surface area contributed by atoms with Gasteiger partial charge in [-0.05, 0) is 61.8 Å². The second-order valence-electron chi connectivity index (χ2n) is 5.28. The van der Waals surface area contributed by atoms with Crippen molar-refractivity contribution in [2.45, 2.75) is 36.6 Å². The number of rotatable bonds is 5. The van der Waals surface area contributed by atoms with Crippen molar-refractivity contribution < 1.29 is 12.8 Å². The summed E-state index contributed by atoms with van der Waals surface area (Å²) in [7, 11) is -3.50. The summed E-state index contributed by atoms with van der Waals surface area (Å²) >= 11 is 0. The lowest BCUT2D eigenvalue weighted by atomic mass is 10.1. The van der Waals surface area contributed by atoms with Crippen LogP contribution in [0.15, 0.2) is 29.2 Å². The minimum absolute atomic E-state index is 0.0834. The van der Waals surface area contributed by atoms with E-state index in [2.05, 4.69) is 4.72 Å². The van der Waals surface area contributed by atoms with Gasteiger partial charge < -0.3 is 0 Å². The molecule has 1 aromatic rings. The maximum absolute atomic E-state index is 12.8. The van der Waals surface area contributed by atoms with Gasteiger partial charge in [0.1, 0.15) is 5.82 Å². The van der Waals surface area contributed by atoms with E-state index in [4.69, 9.17) is 0 Å². The van der Waals surface area contributed by atoms with Crippen LogP contribution in [0.4, 0.5) is 4.39 Å². The number of benzene rings is 1. The highest BCUT2D eigenvalue weighted by Crippen LogP contribution is 2.45. The molecule has 18 heavy (non-hydrogen) atoms. The van der Waals surface area contributed by atoms with E-state index in [1.165, 1.54) is 24.3 Å². The summed E-state index contributed by atoms with van der Waals surface area (Å²) < 4.78 is 40.0. The Bertz CT molecular complexity index is 521. The summed E-state index contributed by atoms with van der Waals surface area (Å²) in [4.78, 5) is 0.148. The van der Waals surface area contributed by atoms with Gasteiger partial charge in [0.05, 0.1) is 4.90 Å². The fourth-order valence-corrected chi connectivity index (χ4v) is 3.72. The molecule has 98 valence electrons. The second kappa shape index (κ2) is 4.31. The first-order valence-corrected chi connectivity index (χ1v) is 7.82. The van der Waals surface area contributed by atoms with Gasteiger partial charge in [0.2, 0.25) is 10.0 Å². The third-order valence-corrected chi connectivity index (χ3v) is 5.15. The zero-order valence-corrected chi connectivity index (χ0v) is 10.8. The smallest absolute Gasteiger partial charge is 0.208 e. The maximum Gasteiger partial charge on any atom is 0.240 e. The summed E-state index contributed by atoms with van der Waals surface area (Å²) in [5, 5.41) is 0. The Hall–Kier alpha value is -0.940. The Morgan fingerprint density at radius 2 is 1.56 bits per heavy atom. The predicted molar refractivity (Wildman–Crippen MR) is 66.0 cm³/mol. The highest BCUT2D eigenvalue weighted by Gasteiger charge is 2.43. The molecule has 0 saturated heterocycles. The Balaban J connectivity index is 1.78. The van der Waals surface area contributed by atoms with E-state index >= 15 is 0 Å². The van der Waals surface area contributed by atoms with E-state index < -0.39 is 15.8 Å². The van der Waals surface area contributed by atoms with Crippen molar-refractivity contribution in [3.63, 3.8) is 0 Å². The summed E-state index contributed by atoms with van der Waals surface area (Å²) in [5.74, 6) is 0.593. The fraction of sp³-hybridized carbons (Fsp3) is 0.538. The van der Waals surface area contributed by atoms with Crippen molar-refractivity contribution in [2.24, 2.45) is 11.8 Å². The lowest BCUT2D eigenvalue weighted by molar-refractivity contribution is 0.471. The molecule has 0 unspecified atom stereocenters.